The summed E-state index contributed by atoms with van der Waals surface area (Å²) in [7, 11) is 1.54. The van der Waals surface area contributed by atoms with Crippen molar-refractivity contribution in [2.75, 3.05) is 26.8 Å². The van der Waals surface area contributed by atoms with Crippen molar-refractivity contribution in [3.8, 4) is 0 Å². The number of rotatable bonds is 5. The molecule has 0 radical (unpaired) electrons. The molecular formula is C12H22N2O5. The Kier molecular flexibility index (Phi) is 5.56. The second-order valence-electron chi connectivity index (χ2n) is 4.96. The van der Waals surface area contributed by atoms with Crippen molar-refractivity contribution in [1.82, 2.24) is 9.80 Å². The number of urea groups is 1. The zero-order valence-electron chi connectivity index (χ0n) is 11.6. The molecule has 1 heterocycles. The number of aliphatic hydroxyl groups excluding tert-OH is 1. The van der Waals surface area contributed by atoms with Gasteiger partial charge in [-0.25, -0.2) is 9.59 Å². The Bertz CT molecular complexity index is 334. The summed E-state index contributed by atoms with van der Waals surface area (Å²) in [4.78, 5) is 26.3. The number of ether oxygens (including phenoxy) is 1. The molecular weight excluding hydrogens is 252 g/mol. The number of aliphatic hydroxyl groups is 1. The molecule has 1 fully saturated rings. The SMILES string of the molecule is COCCN(C(=O)N1CC(O)C[C@H]1C(=O)O)C(C)C. The summed E-state index contributed by atoms with van der Waals surface area (Å²) in [6.07, 6.45) is -0.696. The van der Waals surface area contributed by atoms with E-state index in [0.29, 0.717) is 13.2 Å². The molecule has 1 aliphatic rings. The third-order valence-electron chi connectivity index (χ3n) is 3.22. The van der Waals surface area contributed by atoms with Gasteiger partial charge in [0.15, 0.2) is 0 Å². The molecule has 0 aromatic heterocycles. The summed E-state index contributed by atoms with van der Waals surface area (Å²) in [5.74, 6) is -1.08. The van der Waals surface area contributed by atoms with Crippen LogP contribution in [0.2, 0.25) is 0 Å². The van der Waals surface area contributed by atoms with Crippen LogP contribution >= 0.6 is 0 Å². The van der Waals surface area contributed by atoms with Crippen molar-refractivity contribution in [2.24, 2.45) is 0 Å². The van der Waals surface area contributed by atoms with Gasteiger partial charge in [-0.2, -0.15) is 0 Å². The van der Waals surface area contributed by atoms with Gasteiger partial charge in [0.05, 0.1) is 12.7 Å². The average Bonchev–Trinajstić information content (AvgIpc) is 2.71. The van der Waals surface area contributed by atoms with Gasteiger partial charge in [0.25, 0.3) is 0 Å². The van der Waals surface area contributed by atoms with Crippen molar-refractivity contribution >= 4 is 12.0 Å². The van der Waals surface area contributed by atoms with Gasteiger partial charge in [-0.3, -0.25) is 0 Å². The fraction of sp³-hybridized carbons (Fsp3) is 0.833. The smallest absolute Gasteiger partial charge is 0.326 e. The quantitative estimate of drug-likeness (QED) is 0.735. The van der Waals surface area contributed by atoms with Crippen molar-refractivity contribution in [1.29, 1.82) is 0 Å². The maximum absolute atomic E-state index is 12.4. The Balaban J connectivity index is 2.80. The maximum Gasteiger partial charge on any atom is 0.326 e. The van der Waals surface area contributed by atoms with E-state index in [1.54, 1.807) is 12.0 Å². The normalized spacial score (nSPS) is 22.9. The van der Waals surface area contributed by atoms with Crippen LogP contribution in [-0.4, -0.2) is 77.0 Å². The highest BCUT2D eigenvalue weighted by molar-refractivity contribution is 5.83. The largest absolute Gasteiger partial charge is 0.480 e. The van der Waals surface area contributed by atoms with E-state index in [-0.39, 0.29) is 25.0 Å². The molecule has 1 unspecified atom stereocenters. The van der Waals surface area contributed by atoms with Gasteiger partial charge >= 0.3 is 12.0 Å². The second kappa shape index (κ2) is 6.72. The number of carboxylic acid groups (broad SMARTS) is 1. The number of carbonyl (C=O) groups excluding carboxylic acids is 1. The summed E-state index contributed by atoms with van der Waals surface area (Å²) in [6.45, 7) is 4.56. The number of likely N-dealkylation sites (tertiary alicyclic amines) is 1. The standard InChI is InChI=1S/C12H22N2O5/c1-8(2)13(4-5-19-3)12(18)14-7-9(15)6-10(14)11(16)17/h8-10,15H,4-7H2,1-3H3,(H,16,17)/t9?,10-/m0/s1. The first-order chi connectivity index (χ1) is 8.88. The fourth-order valence-electron chi connectivity index (χ4n) is 2.19. The van der Waals surface area contributed by atoms with Gasteiger partial charge < -0.3 is 24.7 Å². The monoisotopic (exact) mass is 274 g/mol. The Morgan fingerprint density at radius 1 is 1.47 bits per heavy atom. The lowest BCUT2D eigenvalue weighted by atomic mass is 10.2. The van der Waals surface area contributed by atoms with Crippen LogP contribution in [0.4, 0.5) is 4.79 Å². The molecule has 2 atom stereocenters. The highest BCUT2D eigenvalue weighted by Crippen LogP contribution is 2.20. The van der Waals surface area contributed by atoms with Gasteiger partial charge in [0.1, 0.15) is 6.04 Å². The molecule has 1 aliphatic heterocycles. The zero-order valence-corrected chi connectivity index (χ0v) is 11.6. The van der Waals surface area contributed by atoms with Gasteiger partial charge in [-0.15, -0.1) is 0 Å². The molecule has 0 aliphatic carbocycles. The average molecular weight is 274 g/mol. The summed E-state index contributed by atoms with van der Waals surface area (Å²) in [5.41, 5.74) is 0. The van der Waals surface area contributed by atoms with Crippen LogP contribution in [-0.2, 0) is 9.53 Å². The van der Waals surface area contributed by atoms with Crippen LogP contribution in [0.15, 0.2) is 0 Å². The number of amides is 2. The van der Waals surface area contributed by atoms with Crippen LogP contribution in [0.5, 0.6) is 0 Å². The molecule has 2 amide bonds. The van der Waals surface area contributed by atoms with E-state index in [4.69, 9.17) is 9.84 Å². The predicted molar refractivity (Wildman–Crippen MR) is 67.9 cm³/mol. The molecule has 0 aromatic carbocycles. The highest BCUT2D eigenvalue weighted by Gasteiger charge is 2.40. The number of carboxylic acids is 1. The lowest BCUT2D eigenvalue weighted by Gasteiger charge is -2.32. The van der Waals surface area contributed by atoms with Crippen LogP contribution in [0.1, 0.15) is 20.3 Å². The Hall–Kier alpha value is -1.34. The van der Waals surface area contributed by atoms with Gasteiger partial charge in [-0.1, -0.05) is 0 Å². The number of carbonyl (C=O) groups is 2. The molecule has 0 saturated carbocycles. The lowest BCUT2D eigenvalue weighted by Crippen LogP contribution is -2.51. The number of aliphatic carboxylic acids is 1. The van der Waals surface area contributed by atoms with Crippen molar-refractivity contribution in [3.63, 3.8) is 0 Å². The predicted octanol–water partition coefficient (Wildman–Crippen LogP) is -0.0170. The molecule has 1 saturated heterocycles. The minimum atomic E-state index is -1.08. The molecule has 2 N–H and O–H groups in total. The van der Waals surface area contributed by atoms with Gasteiger partial charge in [-0.05, 0) is 13.8 Å². The van der Waals surface area contributed by atoms with E-state index >= 15 is 0 Å². The molecule has 0 spiro atoms. The number of methoxy groups -OCH3 is 1. The van der Waals surface area contributed by atoms with E-state index in [2.05, 4.69) is 0 Å². The van der Waals surface area contributed by atoms with Gasteiger partial charge in [0, 0.05) is 32.7 Å². The molecule has 19 heavy (non-hydrogen) atoms. The fourth-order valence-corrected chi connectivity index (χ4v) is 2.19. The van der Waals surface area contributed by atoms with E-state index < -0.39 is 18.1 Å². The third-order valence-corrected chi connectivity index (χ3v) is 3.22. The number of β-amino-alcohol motifs (C(OH)–C–C–N with tert-alkyl or cyclic N) is 1. The number of hydrogen-bond acceptors (Lipinski definition) is 4. The Morgan fingerprint density at radius 3 is 2.58 bits per heavy atom. The molecule has 0 aromatic rings. The number of nitrogens with zero attached hydrogens (tertiary/aromatic N) is 2. The summed E-state index contributed by atoms with van der Waals surface area (Å²) >= 11 is 0. The lowest BCUT2D eigenvalue weighted by molar-refractivity contribution is -0.141. The topological polar surface area (TPSA) is 90.3 Å². The molecule has 7 nitrogen and oxygen atoms in total. The molecule has 1 rings (SSSR count). The summed E-state index contributed by atoms with van der Waals surface area (Å²) in [6, 6.07) is -1.38. The summed E-state index contributed by atoms with van der Waals surface area (Å²) in [5, 5.41) is 18.7. The van der Waals surface area contributed by atoms with E-state index in [9.17, 15) is 14.7 Å². The maximum atomic E-state index is 12.4. The number of hydrogen-bond donors (Lipinski definition) is 2. The van der Waals surface area contributed by atoms with Crippen molar-refractivity contribution in [3.05, 3.63) is 0 Å². The first kappa shape index (κ1) is 15.7. The minimum absolute atomic E-state index is 0.0603. The Labute approximate surface area is 112 Å². The minimum Gasteiger partial charge on any atom is -0.480 e. The van der Waals surface area contributed by atoms with Crippen LogP contribution < -0.4 is 0 Å². The van der Waals surface area contributed by atoms with Gasteiger partial charge in [0.2, 0.25) is 0 Å². The highest BCUT2D eigenvalue weighted by atomic mass is 16.5. The van der Waals surface area contributed by atoms with Crippen molar-refractivity contribution < 1.29 is 24.5 Å². The van der Waals surface area contributed by atoms with Crippen LogP contribution in [0.3, 0.4) is 0 Å². The van der Waals surface area contributed by atoms with E-state index in [0.717, 1.165) is 0 Å². The molecule has 7 heteroatoms. The van der Waals surface area contributed by atoms with Crippen LogP contribution in [0.25, 0.3) is 0 Å². The zero-order chi connectivity index (χ0) is 14.6. The van der Waals surface area contributed by atoms with Crippen LogP contribution in [0, 0.1) is 0 Å². The van der Waals surface area contributed by atoms with Crippen molar-refractivity contribution in [2.45, 2.75) is 38.5 Å². The first-order valence-corrected chi connectivity index (χ1v) is 6.35. The van der Waals surface area contributed by atoms with E-state index in [1.807, 2.05) is 13.8 Å². The Morgan fingerprint density at radius 2 is 2.11 bits per heavy atom. The molecule has 0 bridgehead atoms. The van der Waals surface area contributed by atoms with E-state index in [1.165, 1.54) is 4.90 Å². The second-order valence-corrected chi connectivity index (χ2v) is 4.96. The third kappa shape index (κ3) is 3.81. The molecule has 110 valence electrons. The summed E-state index contributed by atoms with van der Waals surface area (Å²) < 4.78 is 4.95. The first-order valence-electron chi connectivity index (χ1n) is 6.35.